The van der Waals surface area contributed by atoms with E-state index in [0.29, 0.717) is 32.4 Å². The van der Waals surface area contributed by atoms with Crippen LogP contribution in [0.2, 0.25) is 0 Å². The summed E-state index contributed by atoms with van der Waals surface area (Å²) in [4.78, 5) is 28.5. The van der Waals surface area contributed by atoms with Crippen molar-refractivity contribution in [1.82, 2.24) is 10.8 Å². The lowest BCUT2D eigenvalue weighted by Crippen LogP contribution is -2.25. The van der Waals surface area contributed by atoms with E-state index in [-0.39, 0.29) is 11.8 Å². The summed E-state index contributed by atoms with van der Waals surface area (Å²) in [5, 5.41) is 2.88. The Labute approximate surface area is 153 Å². The highest BCUT2D eigenvalue weighted by atomic mass is 16.6. The summed E-state index contributed by atoms with van der Waals surface area (Å²) in [6, 6.07) is 13.3. The Morgan fingerprint density at radius 3 is 2.54 bits per heavy atom. The molecule has 26 heavy (non-hydrogen) atoms. The van der Waals surface area contributed by atoms with Gasteiger partial charge in [-0.3, -0.25) is 14.4 Å². The third-order valence-electron chi connectivity index (χ3n) is 3.85. The van der Waals surface area contributed by atoms with E-state index in [9.17, 15) is 9.59 Å². The molecule has 0 atom stereocenters. The lowest BCUT2D eigenvalue weighted by Gasteiger charge is -2.06. The highest BCUT2D eigenvalue weighted by molar-refractivity contribution is 5.76. The molecule has 0 unspecified atom stereocenters. The number of carbonyl (C=O) groups is 2. The molecule has 1 heterocycles. The smallest absolute Gasteiger partial charge is 0.243 e. The number of benzene rings is 1. The Morgan fingerprint density at radius 2 is 1.77 bits per heavy atom. The number of amides is 2. The minimum atomic E-state index is -0.122. The highest BCUT2D eigenvalue weighted by Crippen LogP contribution is 2.04. The van der Waals surface area contributed by atoms with Crippen LogP contribution in [0.4, 0.5) is 0 Å². The van der Waals surface area contributed by atoms with Gasteiger partial charge >= 0.3 is 0 Å². The van der Waals surface area contributed by atoms with Crippen LogP contribution in [-0.4, -0.2) is 18.4 Å². The van der Waals surface area contributed by atoms with E-state index in [1.54, 1.807) is 6.26 Å². The number of hydrogen-bond donors (Lipinski definition) is 2. The SMILES string of the molecule is O=C(CCc1ccco1)NCCCCCC(=O)NOCc1ccccc1. The van der Waals surface area contributed by atoms with Gasteiger partial charge in [0.1, 0.15) is 5.76 Å². The fourth-order valence-corrected chi connectivity index (χ4v) is 2.42. The maximum atomic E-state index is 11.7. The van der Waals surface area contributed by atoms with Gasteiger partial charge in [-0.1, -0.05) is 36.8 Å². The van der Waals surface area contributed by atoms with Gasteiger partial charge in [-0.2, -0.15) is 0 Å². The van der Waals surface area contributed by atoms with E-state index < -0.39 is 0 Å². The van der Waals surface area contributed by atoms with Crippen molar-refractivity contribution in [3.63, 3.8) is 0 Å². The van der Waals surface area contributed by atoms with Crippen LogP contribution < -0.4 is 10.8 Å². The van der Waals surface area contributed by atoms with Crippen LogP contribution >= 0.6 is 0 Å². The van der Waals surface area contributed by atoms with Crippen LogP contribution in [0.25, 0.3) is 0 Å². The van der Waals surface area contributed by atoms with E-state index >= 15 is 0 Å². The standard InChI is InChI=1S/C20H26N2O4/c23-19(13-12-18-10-7-15-25-18)21-14-6-2-5-11-20(24)22-26-16-17-8-3-1-4-9-17/h1,3-4,7-10,15H,2,5-6,11-14,16H2,(H,21,23)(H,22,24). The molecule has 2 aromatic rings. The van der Waals surface area contributed by atoms with Crippen LogP contribution in [0.1, 0.15) is 43.4 Å². The van der Waals surface area contributed by atoms with E-state index in [0.717, 1.165) is 30.6 Å². The maximum Gasteiger partial charge on any atom is 0.243 e. The van der Waals surface area contributed by atoms with E-state index in [1.165, 1.54) is 0 Å². The average Bonchev–Trinajstić information content (AvgIpc) is 3.17. The third kappa shape index (κ3) is 8.48. The van der Waals surface area contributed by atoms with Gasteiger partial charge in [-0.05, 0) is 30.5 Å². The van der Waals surface area contributed by atoms with Crippen molar-refractivity contribution >= 4 is 11.8 Å². The molecule has 1 aromatic carbocycles. The van der Waals surface area contributed by atoms with Crippen molar-refractivity contribution in [2.75, 3.05) is 6.54 Å². The summed E-state index contributed by atoms with van der Waals surface area (Å²) in [5.74, 6) is 0.720. The Bertz CT molecular complexity index is 641. The van der Waals surface area contributed by atoms with Crippen LogP contribution in [0, 0.1) is 0 Å². The minimum Gasteiger partial charge on any atom is -0.469 e. The number of rotatable bonds is 12. The molecule has 0 fully saturated rings. The summed E-state index contributed by atoms with van der Waals surface area (Å²) in [6.45, 7) is 0.986. The van der Waals surface area contributed by atoms with Gasteiger partial charge in [0, 0.05) is 25.8 Å². The fraction of sp³-hybridized carbons (Fsp3) is 0.400. The number of aryl methyl sites for hydroxylation is 1. The molecule has 2 rings (SSSR count). The van der Waals surface area contributed by atoms with E-state index in [1.807, 2.05) is 42.5 Å². The molecule has 2 amide bonds. The maximum absolute atomic E-state index is 11.7. The van der Waals surface area contributed by atoms with Crippen LogP contribution in [0.15, 0.2) is 53.1 Å². The zero-order chi connectivity index (χ0) is 18.5. The fourth-order valence-electron chi connectivity index (χ4n) is 2.42. The lowest BCUT2D eigenvalue weighted by atomic mass is 10.2. The summed E-state index contributed by atoms with van der Waals surface area (Å²) < 4.78 is 5.19. The van der Waals surface area contributed by atoms with Gasteiger partial charge < -0.3 is 9.73 Å². The van der Waals surface area contributed by atoms with Crippen LogP contribution in [0.3, 0.4) is 0 Å². The van der Waals surface area contributed by atoms with Crippen LogP contribution in [0.5, 0.6) is 0 Å². The molecule has 140 valence electrons. The summed E-state index contributed by atoms with van der Waals surface area (Å²) >= 11 is 0. The van der Waals surface area contributed by atoms with Gasteiger partial charge in [-0.15, -0.1) is 0 Å². The quantitative estimate of drug-likeness (QED) is 0.451. The van der Waals surface area contributed by atoms with Crippen molar-refractivity contribution in [2.24, 2.45) is 0 Å². The van der Waals surface area contributed by atoms with Crippen LogP contribution in [-0.2, 0) is 27.5 Å². The first-order chi connectivity index (χ1) is 12.7. The van der Waals surface area contributed by atoms with Crippen molar-refractivity contribution < 1.29 is 18.8 Å². The summed E-state index contributed by atoms with van der Waals surface area (Å²) in [6.07, 6.45) is 5.56. The molecule has 0 spiro atoms. The molecule has 0 aliphatic carbocycles. The number of carbonyl (C=O) groups excluding carboxylic acids is 2. The topological polar surface area (TPSA) is 80.6 Å². The second kappa shape index (κ2) is 11.9. The number of hydroxylamine groups is 1. The molecule has 0 aliphatic heterocycles. The normalized spacial score (nSPS) is 10.5. The highest BCUT2D eigenvalue weighted by Gasteiger charge is 2.04. The molecule has 0 aliphatic rings. The molecule has 2 N–H and O–H groups in total. The second-order valence-electron chi connectivity index (χ2n) is 6.04. The zero-order valence-corrected chi connectivity index (χ0v) is 14.9. The van der Waals surface area contributed by atoms with Crippen molar-refractivity contribution in [2.45, 2.75) is 45.1 Å². The molecule has 0 bridgehead atoms. The van der Waals surface area contributed by atoms with Gasteiger partial charge in [0.15, 0.2) is 0 Å². The van der Waals surface area contributed by atoms with E-state index in [2.05, 4.69) is 10.8 Å². The number of furan rings is 1. The second-order valence-corrected chi connectivity index (χ2v) is 6.04. The Kier molecular flexibility index (Phi) is 9.00. The summed E-state index contributed by atoms with van der Waals surface area (Å²) in [7, 11) is 0. The minimum absolute atomic E-state index is 0.0217. The molecular weight excluding hydrogens is 332 g/mol. The van der Waals surface area contributed by atoms with Gasteiger partial charge in [0.05, 0.1) is 12.9 Å². The average molecular weight is 358 g/mol. The number of unbranched alkanes of at least 4 members (excludes halogenated alkanes) is 2. The zero-order valence-electron chi connectivity index (χ0n) is 14.9. The summed E-state index contributed by atoms with van der Waals surface area (Å²) in [5.41, 5.74) is 3.46. The largest absolute Gasteiger partial charge is 0.469 e. The third-order valence-corrected chi connectivity index (χ3v) is 3.85. The first kappa shape index (κ1) is 19.7. The molecule has 6 heteroatoms. The molecule has 6 nitrogen and oxygen atoms in total. The Morgan fingerprint density at radius 1 is 0.923 bits per heavy atom. The lowest BCUT2D eigenvalue weighted by molar-refractivity contribution is -0.134. The number of nitrogens with one attached hydrogen (secondary N) is 2. The van der Waals surface area contributed by atoms with Crippen molar-refractivity contribution in [3.8, 4) is 0 Å². The van der Waals surface area contributed by atoms with Gasteiger partial charge in [-0.25, -0.2) is 5.48 Å². The molecular formula is C20H26N2O4. The molecule has 0 radical (unpaired) electrons. The van der Waals surface area contributed by atoms with E-state index in [4.69, 9.17) is 9.25 Å². The number of hydrogen-bond acceptors (Lipinski definition) is 4. The van der Waals surface area contributed by atoms with Crippen molar-refractivity contribution in [1.29, 1.82) is 0 Å². The predicted octanol–water partition coefficient (Wildman–Crippen LogP) is 3.14. The predicted molar refractivity (Wildman–Crippen MR) is 97.9 cm³/mol. The molecule has 0 saturated carbocycles. The monoisotopic (exact) mass is 358 g/mol. The van der Waals surface area contributed by atoms with Gasteiger partial charge in [0.2, 0.25) is 11.8 Å². The first-order valence-corrected chi connectivity index (χ1v) is 8.97. The Hall–Kier alpha value is -2.60. The van der Waals surface area contributed by atoms with Gasteiger partial charge in [0.25, 0.3) is 0 Å². The Balaban J connectivity index is 1.41. The van der Waals surface area contributed by atoms with Crippen molar-refractivity contribution in [3.05, 3.63) is 60.1 Å². The molecule has 0 saturated heterocycles. The first-order valence-electron chi connectivity index (χ1n) is 8.97. The molecule has 1 aromatic heterocycles.